The molecule has 0 aromatic carbocycles. The van der Waals surface area contributed by atoms with E-state index in [9.17, 15) is 9.59 Å². The summed E-state index contributed by atoms with van der Waals surface area (Å²) >= 11 is 8.68. The van der Waals surface area contributed by atoms with Crippen LogP contribution in [0.25, 0.3) is 0 Å². The van der Waals surface area contributed by atoms with Gasteiger partial charge in [0.05, 0.1) is 11.9 Å². The summed E-state index contributed by atoms with van der Waals surface area (Å²) in [5, 5.41) is 9.32. The van der Waals surface area contributed by atoms with Gasteiger partial charge < -0.3 is 9.84 Å². The summed E-state index contributed by atoms with van der Waals surface area (Å²) in [6, 6.07) is 0. The normalized spacial score (nSPS) is 10.3. The molecule has 0 saturated carbocycles. The Morgan fingerprint density at radius 3 is 1.05 bits per heavy atom. The molecular formula is C32H63Br3O4. The summed E-state index contributed by atoms with van der Waals surface area (Å²) < 4.78 is 4.98. The van der Waals surface area contributed by atoms with Gasteiger partial charge in [0.15, 0.2) is 0 Å². The first-order chi connectivity index (χ1) is 19.0. The van der Waals surface area contributed by atoms with Gasteiger partial charge in [-0.15, -0.1) is 0 Å². The van der Waals surface area contributed by atoms with Crippen molar-refractivity contribution in [1.82, 2.24) is 0 Å². The van der Waals surface area contributed by atoms with Crippen molar-refractivity contribution in [2.45, 2.75) is 168 Å². The van der Waals surface area contributed by atoms with Gasteiger partial charge in [0.2, 0.25) is 4.69 Å². The van der Waals surface area contributed by atoms with Gasteiger partial charge in [0.1, 0.15) is 5.33 Å². The molecule has 0 aliphatic carbocycles. The van der Waals surface area contributed by atoms with Crippen molar-refractivity contribution in [3.63, 3.8) is 0 Å². The Bertz CT molecular complexity index is 453. The zero-order valence-electron chi connectivity index (χ0n) is 25.6. The first kappa shape index (κ1) is 44.0. The average Bonchev–Trinajstić information content (AvgIpc) is 2.94. The van der Waals surface area contributed by atoms with E-state index in [0.717, 1.165) is 12.8 Å². The van der Waals surface area contributed by atoms with Crippen molar-refractivity contribution in [3.8, 4) is 0 Å². The van der Waals surface area contributed by atoms with Crippen LogP contribution in [0.1, 0.15) is 168 Å². The molecule has 0 saturated heterocycles. The highest BCUT2D eigenvalue weighted by Crippen LogP contribution is 2.13. The molecule has 0 spiro atoms. The van der Waals surface area contributed by atoms with E-state index in [1.807, 2.05) is 0 Å². The molecule has 0 fully saturated rings. The second-order valence-corrected chi connectivity index (χ2v) is 12.4. The van der Waals surface area contributed by atoms with Crippen molar-refractivity contribution < 1.29 is 19.4 Å². The lowest BCUT2D eigenvalue weighted by Gasteiger charge is -2.03. The second kappa shape index (κ2) is 43.0. The van der Waals surface area contributed by atoms with Gasteiger partial charge in [-0.2, -0.15) is 0 Å². The van der Waals surface area contributed by atoms with Crippen LogP contribution >= 0.6 is 47.8 Å². The SMILES string of the molecule is CCCCCCCCCCCCCCO.CCCCCCCCCCCCCCOC(=O)CBr.O=C(Br)CBr. The molecule has 0 rings (SSSR count). The number of aliphatic hydroxyl groups is 1. The number of esters is 1. The number of halogens is 3. The third-order valence-corrected chi connectivity index (χ3v) is 8.49. The minimum atomic E-state index is -0.150. The van der Waals surface area contributed by atoms with Crippen LogP contribution in [0.2, 0.25) is 0 Å². The molecule has 236 valence electrons. The predicted octanol–water partition coefficient (Wildman–Crippen LogP) is 11.6. The molecule has 0 heterocycles. The predicted molar refractivity (Wildman–Crippen MR) is 182 cm³/mol. The molecule has 39 heavy (non-hydrogen) atoms. The largest absolute Gasteiger partial charge is 0.465 e. The number of carbonyl (C=O) groups excluding carboxylic acids is 2. The van der Waals surface area contributed by atoms with E-state index in [2.05, 4.69) is 61.6 Å². The molecule has 0 atom stereocenters. The lowest BCUT2D eigenvalue weighted by Crippen LogP contribution is -2.06. The Morgan fingerprint density at radius 2 is 0.795 bits per heavy atom. The second-order valence-electron chi connectivity index (χ2n) is 10.3. The Balaban J connectivity index is -0.000000576. The van der Waals surface area contributed by atoms with Gasteiger partial charge in [-0.1, -0.05) is 187 Å². The van der Waals surface area contributed by atoms with E-state index >= 15 is 0 Å². The van der Waals surface area contributed by atoms with E-state index in [1.165, 1.54) is 141 Å². The van der Waals surface area contributed by atoms with E-state index in [4.69, 9.17) is 9.84 Å². The number of ether oxygens (including phenoxy) is 1. The van der Waals surface area contributed by atoms with Crippen LogP contribution in [0.3, 0.4) is 0 Å². The zero-order valence-corrected chi connectivity index (χ0v) is 30.4. The van der Waals surface area contributed by atoms with Crippen LogP contribution in [0.4, 0.5) is 0 Å². The van der Waals surface area contributed by atoms with Crippen LogP contribution in [0, 0.1) is 0 Å². The molecule has 0 radical (unpaired) electrons. The molecule has 4 nitrogen and oxygen atoms in total. The van der Waals surface area contributed by atoms with Crippen molar-refractivity contribution in [2.75, 3.05) is 23.9 Å². The van der Waals surface area contributed by atoms with Gasteiger partial charge in [-0.3, -0.25) is 9.59 Å². The highest BCUT2D eigenvalue weighted by Gasteiger charge is 1.98. The Morgan fingerprint density at radius 1 is 0.513 bits per heavy atom. The van der Waals surface area contributed by atoms with Crippen molar-refractivity contribution >= 4 is 58.5 Å². The molecule has 0 aliphatic heterocycles. The summed E-state index contributed by atoms with van der Waals surface area (Å²) in [4.78, 5) is 20.5. The number of hydrogen-bond donors (Lipinski definition) is 1. The molecule has 0 amide bonds. The fourth-order valence-corrected chi connectivity index (χ4v) is 4.28. The molecule has 0 unspecified atom stereocenters. The molecular weight excluding hydrogens is 688 g/mol. The summed E-state index contributed by atoms with van der Waals surface area (Å²) in [6.07, 6.45) is 32.2. The van der Waals surface area contributed by atoms with Crippen LogP contribution in [0.15, 0.2) is 0 Å². The maximum absolute atomic E-state index is 10.8. The van der Waals surface area contributed by atoms with E-state index in [-0.39, 0.29) is 10.7 Å². The van der Waals surface area contributed by atoms with Crippen LogP contribution in [-0.2, 0) is 14.3 Å². The van der Waals surface area contributed by atoms with Crippen molar-refractivity contribution in [2.24, 2.45) is 0 Å². The quantitative estimate of drug-likeness (QED) is 0.0393. The van der Waals surface area contributed by atoms with Crippen LogP contribution in [0.5, 0.6) is 0 Å². The Kier molecular flexibility index (Phi) is 48.5. The fourth-order valence-electron chi connectivity index (χ4n) is 4.12. The lowest BCUT2D eigenvalue weighted by atomic mass is 10.1. The number of rotatable bonds is 27. The van der Waals surface area contributed by atoms with Gasteiger partial charge in [-0.25, -0.2) is 0 Å². The molecule has 1 N–H and O–H groups in total. The summed E-state index contributed by atoms with van der Waals surface area (Å²) in [5.74, 6) is -0.150. The third kappa shape index (κ3) is 51.7. The van der Waals surface area contributed by atoms with Crippen LogP contribution in [-0.4, -0.2) is 39.6 Å². The first-order valence-electron chi connectivity index (χ1n) is 16.1. The minimum absolute atomic E-state index is 0.0162. The minimum Gasteiger partial charge on any atom is -0.465 e. The molecule has 7 heteroatoms. The topological polar surface area (TPSA) is 63.6 Å². The third-order valence-electron chi connectivity index (χ3n) is 6.49. The lowest BCUT2D eigenvalue weighted by molar-refractivity contribution is -0.140. The number of aliphatic hydroxyl groups excluding tert-OH is 1. The highest BCUT2D eigenvalue weighted by molar-refractivity contribution is 9.19. The number of hydrogen-bond acceptors (Lipinski definition) is 4. The maximum atomic E-state index is 10.8. The maximum Gasteiger partial charge on any atom is 0.316 e. The molecule has 0 bridgehead atoms. The zero-order chi connectivity index (χ0) is 29.7. The monoisotopic (exact) mass is 748 g/mol. The van der Waals surface area contributed by atoms with Gasteiger partial charge in [0.25, 0.3) is 0 Å². The Hall–Kier alpha value is 0.540. The van der Waals surface area contributed by atoms with Crippen molar-refractivity contribution in [1.29, 1.82) is 0 Å². The smallest absolute Gasteiger partial charge is 0.316 e. The highest BCUT2D eigenvalue weighted by atomic mass is 79.9. The molecule has 0 aromatic rings. The number of alkyl halides is 2. The standard InChI is InChI=1S/C16H31BrO2.C14H30O.C2H2Br2O/c1-2-3-4-5-6-7-8-9-10-11-12-13-14-19-16(18)15-17;1-2-3-4-5-6-7-8-9-10-11-12-13-14-15;3-1-2(4)5/h2-15H2,1H3;15H,2-14H2,1H3;1H2. The summed E-state index contributed by atoms with van der Waals surface area (Å²) in [6.45, 7) is 5.49. The van der Waals surface area contributed by atoms with E-state index in [0.29, 0.717) is 23.9 Å². The number of unbranched alkanes of at least 4 members (excludes halogenated alkanes) is 22. The number of carbonyl (C=O) groups is 2. The van der Waals surface area contributed by atoms with E-state index in [1.54, 1.807) is 0 Å². The first-order valence-corrected chi connectivity index (χ1v) is 19.1. The molecule has 0 aromatic heterocycles. The van der Waals surface area contributed by atoms with Crippen molar-refractivity contribution in [3.05, 3.63) is 0 Å². The fraction of sp³-hybridized carbons (Fsp3) is 0.938. The average molecular weight is 752 g/mol. The van der Waals surface area contributed by atoms with Gasteiger partial charge in [0, 0.05) is 6.61 Å². The van der Waals surface area contributed by atoms with E-state index < -0.39 is 0 Å². The van der Waals surface area contributed by atoms with Gasteiger partial charge >= 0.3 is 5.97 Å². The summed E-state index contributed by atoms with van der Waals surface area (Å²) in [7, 11) is 0. The molecule has 0 aliphatic rings. The van der Waals surface area contributed by atoms with Gasteiger partial charge in [-0.05, 0) is 28.8 Å². The Labute approximate surface area is 268 Å². The summed E-state index contributed by atoms with van der Waals surface area (Å²) in [5.41, 5.74) is 0. The van der Waals surface area contributed by atoms with Crippen LogP contribution < -0.4 is 0 Å².